The maximum Gasteiger partial charge on any atom is 0.243 e. The van der Waals surface area contributed by atoms with Gasteiger partial charge in [-0.05, 0) is 25.0 Å². The maximum absolute atomic E-state index is 12.1. The Hall–Kier alpha value is -1.78. The third-order valence-electron chi connectivity index (χ3n) is 2.64. The Morgan fingerprint density at radius 1 is 1.22 bits per heavy atom. The molecule has 2 atom stereocenters. The normalized spacial score (nSPS) is 14.1. The summed E-state index contributed by atoms with van der Waals surface area (Å²) in [6, 6.07) is 2.82. The van der Waals surface area contributed by atoms with Crippen molar-refractivity contribution in [1.29, 1.82) is 0 Å². The van der Waals surface area contributed by atoms with Crippen LogP contribution in [-0.4, -0.2) is 17.9 Å². The fourth-order valence-electron chi connectivity index (χ4n) is 1.67. The summed E-state index contributed by atoms with van der Waals surface area (Å²) >= 11 is 0. The Morgan fingerprint density at radius 3 is 2.33 bits per heavy atom. The minimum Gasteiger partial charge on any atom is -0.467 e. The maximum atomic E-state index is 12.1. The molecule has 5 heteroatoms. The summed E-state index contributed by atoms with van der Waals surface area (Å²) in [5.74, 6) is 0.296. The Kier molecular flexibility index (Phi) is 4.95. The molecule has 0 saturated carbocycles. The van der Waals surface area contributed by atoms with Crippen molar-refractivity contribution in [3.8, 4) is 0 Å². The second kappa shape index (κ2) is 6.23. The van der Waals surface area contributed by atoms with E-state index >= 15 is 0 Å². The van der Waals surface area contributed by atoms with Gasteiger partial charge in [0.2, 0.25) is 11.8 Å². The molecule has 1 rings (SSSR count). The van der Waals surface area contributed by atoms with Crippen LogP contribution in [0.15, 0.2) is 22.8 Å². The third kappa shape index (κ3) is 3.91. The molecule has 0 bridgehead atoms. The molecule has 1 aromatic heterocycles. The van der Waals surface area contributed by atoms with Gasteiger partial charge < -0.3 is 15.1 Å². The highest BCUT2D eigenvalue weighted by Gasteiger charge is 2.24. The molecule has 0 radical (unpaired) electrons. The summed E-state index contributed by atoms with van der Waals surface area (Å²) < 4.78 is 5.22. The summed E-state index contributed by atoms with van der Waals surface area (Å²) in [6.45, 7) is 7.01. The predicted octanol–water partition coefficient (Wildman–Crippen LogP) is 1.62. The van der Waals surface area contributed by atoms with Gasteiger partial charge in [-0.1, -0.05) is 13.8 Å². The SMILES string of the molecule is CC(=O)NC(C(=O)NC(C)c1ccco1)C(C)C. The summed E-state index contributed by atoms with van der Waals surface area (Å²) in [5.41, 5.74) is 0. The number of hydrogen-bond donors (Lipinski definition) is 2. The van der Waals surface area contributed by atoms with Crippen molar-refractivity contribution in [1.82, 2.24) is 10.6 Å². The predicted molar refractivity (Wildman–Crippen MR) is 67.7 cm³/mol. The van der Waals surface area contributed by atoms with E-state index in [1.807, 2.05) is 20.8 Å². The van der Waals surface area contributed by atoms with Crippen molar-refractivity contribution < 1.29 is 14.0 Å². The molecule has 5 nitrogen and oxygen atoms in total. The highest BCUT2D eigenvalue weighted by Crippen LogP contribution is 2.13. The highest BCUT2D eigenvalue weighted by atomic mass is 16.3. The molecule has 0 fully saturated rings. The van der Waals surface area contributed by atoms with Crippen molar-refractivity contribution >= 4 is 11.8 Å². The van der Waals surface area contributed by atoms with E-state index in [0.29, 0.717) is 5.76 Å². The smallest absolute Gasteiger partial charge is 0.243 e. The lowest BCUT2D eigenvalue weighted by Crippen LogP contribution is -2.49. The van der Waals surface area contributed by atoms with Gasteiger partial charge in [-0.15, -0.1) is 0 Å². The second-order valence-corrected chi connectivity index (χ2v) is 4.67. The van der Waals surface area contributed by atoms with E-state index < -0.39 is 6.04 Å². The van der Waals surface area contributed by atoms with Crippen LogP contribution in [-0.2, 0) is 9.59 Å². The van der Waals surface area contributed by atoms with E-state index in [9.17, 15) is 9.59 Å². The first-order chi connectivity index (χ1) is 8.41. The van der Waals surface area contributed by atoms with Gasteiger partial charge in [-0.25, -0.2) is 0 Å². The van der Waals surface area contributed by atoms with Crippen LogP contribution >= 0.6 is 0 Å². The molecule has 1 heterocycles. The minimum absolute atomic E-state index is 0.0256. The molecule has 0 spiro atoms. The molecule has 0 aliphatic carbocycles. The number of nitrogens with one attached hydrogen (secondary N) is 2. The van der Waals surface area contributed by atoms with Gasteiger partial charge >= 0.3 is 0 Å². The number of hydrogen-bond acceptors (Lipinski definition) is 3. The summed E-state index contributed by atoms with van der Waals surface area (Å²) in [6.07, 6.45) is 1.56. The zero-order chi connectivity index (χ0) is 13.7. The molecule has 2 N–H and O–H groups in total. The van der Waals surface area contributed by atoms with E-state index in [-0.39, 0.29) is 23.8 Å². The molecule has 2 amide bonds. The van der Waals surface area contributed by atoms with Crippen molar-refractivity contribution in [3.63, 3.8) is 0 Å². The van der Waals surface area contributed by atoms with Crippen LogP contribution in [0.4, 0.5) is 0 Å². The van der Waals surface area contributed by atoms with E-state index in [2.05, 4.69) is 10.6 Å². The van der Waals surface area contributed by atoms with E-state index in [1.165, 1.54) is 6.92 Å². The van der Waals surface area contributed by atoms with Crippen LogP contribution in [0.2, 0.25) is 0 Å². The van der Waals surface area contributed by atoms with Crippen molar-refractivity contribution in [3.05, 3.63) is 24.2 Å². The third-order valence-corrected chi connectivity index (χ3v) is 2.64. The van der Waals surface area contributed by atoms with Crippen LogP contribution in [0.25, 0.3) is 0 Å². The lowest BCUT2D eigenvalue weighted by atomic mass is 10.0. The standard InChI is InChI=1S/C13H20N2O3/c1-8(2)12(15-10(4)16)13(17)14-9(3)11-6-5-7-18-11/h5-9,12H,1-4H3,(H,14,17)(H,15,16). The molecule has 18 heavy (non-hydrogen) atoms. The first kappa shape index (κ1) is 14.3. The molecule has 1 aromatic rings. The Labute approximate surface area is 107 Å². The van der Waals surface area contributed by atoms with E-state index in [1.54, 1.807) is 18.4 Å². The van der Waals surface area contributed by atoms with Crippen LogP contribution < -0.4 is 10.6 Å². The van der Waals surface area contributed by atoms with Crippen LogP contribution in [0, 0.1) is 5.92 Å². The summed E-state index contributed by atoms with van der Waals surface area (Å²) in [4.78, 5) is 23.1. The monoisotopic (exact) mass is 252 g/mol. The molecule has 0 aliphatic rings. The Bertz CT molecular complexity index is 398. The average Bonchev–Trinajstić information content (AvgIpc) is 2.78. The fraction of sp³-hybridized carbons (Fsp3) is 0.538. The topological polar surface area (TPSA) is 71.3 Å². The fourth-order valence-corrected chi connectivity index (χ4v) is 1.67. The number of carbonyl (C=O) groups excluding carboxylic acids is 2. The van der Waals surface area contributed by atoms with Gasteiger partial charge in [0.15, 0.2) is 0 Å². The molecule has 0 aliphatic heterocycles. The van der Waals surface area contributed by atoms with Crippen molar-refractivity contribution in [2.45, 2.75) is 39.8 Å². The molecular formula is C13H20N2O3. The largest absolute Gasteiger partial charge is 0.467 e. The quantitative estimate of drug-likeness (QED) is 0.836. The number of furan rings is 1. The van der Waals surface area contributed by atoms with E-state index in [0.717, 1.165) is 0 Å². The van der Waals surface area contributed by atoms with Gasteiger partial charge in [-0.2, -0.15) is 0 Å². The average molecular weight is 252 g/mol. The highest BCUT2D eigenvalue weighted by molar-refractivity contribution is 5.87. The first-order valence-corrected chi connectivity index (χ1v) is 6.02. The van der Waals surface area contributed by atoms with Crippen LogP contribution in [0.1, 0.15) is 39.5 Å². The van der Waals surface area contributed by atoms with Crippen LogP contribution in [0.3, 0.4) is 0 Å². The molecule has 100 valence electrons. The number of rotatable bonds is 5. The zero-order valence-electron chi connectivity index (χ0n) is 11.2. The van der Waals surface area contributed by atoms with Gasteiger partial charge in [0.1, 0.15) is 11.8 Å². The van der Waals surface area contributed by atoms with Gasteiger partial charge in [0, 0.05) is 6.92 Å². The Balaban J connectivity index is 2.64. The molecule has 0 aromatic carbocycles. The second-order valence-electron chi connectivity index (χ2n) is 4.67. The molecule has 2 unspecified atom stereocenters. The van der Waals surface area contributed by atoms with E-state index in [4.69, 9.17) is 4.42 Å². The number of amides is 2. The van der Waals surface area contributed by atoms with Gasteiger partial charge in [0.25, 0.3) is 0 Å². The van der Waals surface area contributed by atoms with Gasteiger partial charge in [0.05, 0.1) is 12.3 Å². The number of carbonyl (C=O) groups is 2. The zero-order valence-corrected chi connectivity index (χ0v) is 11.2. The lowest BCUT2D eigenvalue weighted by molar-refractivity contribution is -0.129. The summed E-state index contributed by atoms with van der Waals surface area (Å²) in [7, 11) is 0. The lowest BCUT2D eigenvalue weighted by Gasteiger charge is -2.22. The summed E-state index contributed by atoms with van der Waals surface area (Å²) in [5, 5.41) is 5.47. The van der Waals surface area contributed by atoms with Gasteiger partial charge in [-0.3, -0.25) is 9.59 Å². The van der Waals surface area contributed by atoms with Crippen LogP contribution in [0.5, 0.6) is 0 Å². The Morgan fingerprint density at radius 2 is 1.89 bits per heavy atom. The van der Waals surface area contributed by atoms with Crippen molar-refractivity contribution in [2.75, 3.05) is 0 Å². The molecule has 0 saturated heterocycles. The molecular weight excluding hydrogens is 232 g/mol. The van der Waals surface area contributed by atoms with Crippen molar-refractivity contribution in [2.24, 2.45) is 5.92 Å². The first-order valence-electron chi connectivity index (χ1n) is 6.02. The minimum atomic E-state index is -0.528.